The van der Waals surface area contributed by atoms with Crippen molar-refractivity contribution in [3.8, 4) is 0 Å². The summed E-state index contributed by atoms with van der Waals surface area (Å²) in [5.41, 5.74) is 1.61. The molecule has 2 amide bonds. The van der Waals surface area contributed by atoms with Crippen molar-refractivity contribution in [2.24, 2.45) is 0 Å². The van der Waals surface area contributed by atoms with E-state index in [-0.39, 0.29) is 11.8 Å². The second-order valence-corrected chi connectivity index (χ2v) is 8.23. The van der Waals surface area contributed by atoms with Crippen molar-refractivity contribution in [1.82, 2.24) is 10.6 Å². The molecule has 144 valence electrons. The van der Waals surface area contributed by atoms with Gasteiger partial charge in [-0.15, -0.1) is 0 Å². The van der Waals surface area contributed by atoms with Gasteiger partial charge in [-0.2, -0.15) is 11.8 Å². The molecule has 0 saturated carbocycles. The summed E-state index contributed by atoms with van der Waals surface area (Å²) in [7, 11) is 0. The van der Waals surface area contributed by atoms with Crippen LogP contribution in [0.25, 0.3) is 0 Å². The molecule has 2 aromatic carbocycles. The Morgan fingerprint density at radius 1 is 1.15 bits per heavy atom. The van der Waals surface area contributed by atoms with E-state index in [9.17, 15) is 9.59 Å². The van der Waals surface area contributed by atoms with E-state index < -0.39 is 6.04 Å². The summed E-state index contributed by atoms with van der Waals surface area (Å²) in [5.74, 6) is 0.353. The summed E-state index contributed by atoms with van der Waals surface area (Å²) in [5, 5.41) is 6.46. The Balaban J connectivity index is 1.93. The molecule has 2 aromatic rings. The maximum absolute atomic E-state index is 12.6. The molecule has 0 heterocycles. The highest BCUT2D eigenvalue weighted by atomic mass is 79.9. The summed E-state index contributed by atoms with van der Waals surface area (Å²) in [4.78, 5) is 25.1. The fourth-order valence-corrected chi connectivity index (χ4v) is 3.55. The Labute approximate surface area is 177 Å². The molecule has 0 aromatic heterocycles. The van der Waals surface area contributed by atoms with Gasteiger partial charge in [0.2, 0.25) is 5.91 Å². The molecule has 27 heavy (non-hydrogen) atoms. The third kappa shape index (κ3) is 7.20. The molecule has 0 bridgehead atoms. The van der Waals surface area contributed by atoms with Gasteiger partial charge in [-0.25, -0.2) is 0 Å². The van der Waals surface area contributed by atoms with Crippen LogP contribution in [-0.2, 0) is 11.2 Å². The van der Waals surface area contributed by atoms with Gasteiger partial charge in [-0.1, -0.05) is 35.9 Å². The van der Waals surface area contributed by atoms with Crippen LogP contribution in [0.1, 0.15) is 22.3 Å². The Hall–Kier alpha value is -1.50. The zero-order valence-corrected chi connectivity index (χ0v) is 18.2. The molecule has 0 radical (unpaired) electrons. The van der Waals surface area contributed by atoms with E-state index in [1.165, 1.54) is 0 Å². The molecule has 7 heteroatoms. The molecule has 0 aliphatic heterocycles. The Morgan fingerprint density at radius 2 is 1.85 bits per heavy atom. The van der Waals surface area contributed by atoms with Gasteiger partial charge < -0.3 is 10.6 Å². The highest BCUT2D eigenvalue weighted by Crippen LogP contribution is 2.16. The molecule has 0 aliphatic rings. The van der Waals surface area contributed by atoms with Crippen LogP contribution in [0, 0.1) is 0 Å². The SMILES string of the molecule is CSCC[C@H](NC(=O)c1ccccc1Br)C(=O)NCCc1ccc(Cl)cc1. The van der Waals surface area contributed by atoms with Crippen LogP contribution in [0.4, 0.5) is 0 Å². The molecular formula is C20H22BrClN2O2S. The molecule has 1 atom stereocenters. The van der Waals surface area contributed by atoms with Crippen molar-refractivity contribution >= 4 is 51.1 Å². The zero-order valence-electron chi connectivity index (χ0n) is 15.0. The maximum atomic E-state index is 12.6. The van der Waals surface area contributed by atoms with Crippen molar-refractivity contribution in [2.75, 3.05) is 18.6 Å². The lowest BCUT2D eigenvalue weighted by atomic mass is 10.1. The van der Waals surface area contributed by atoms with Gasteiger partial charge in [0.05, 0.1) is 5.56 Å². The first kappa shape index (κ1) is 21.8. The van der Waals surface area contributed by atoms with Gasteiger partial charge in [0.15, 0.2) is 0 Å². The van der Waals surface area contributed by atoms with Gasteiger partial charge in [0.25, 0.3) is 5.91 Å². The average Bonchev–Trinajstić information content (AvgIpc) is 2.66. The number of benzene rings is 2. The second-order valence-electron chi connectivity index (χ2n) is 5.95. The van der Waals surface area contributed by atoms with Crippen LogP contribution >= 0.6 is 39.3 Å². The standard InChI is InChI=1S/C20H22BrClN2O2S/c1-27-13-11-18(24-19(25)16-4-2-3-5-17(16)21)20(26)23-12-10-14-6-8-15(22)9-7-14/h2-9,18H,10-13H2,1H3,(H,23,26)(H,24,25)/t18-/m0/s1. The van der Waals surface area contributed by atoms with Gasteiger partial charge in [-0.3, -0.25) is 9.59 Å². The third-order valence-corrected chi connectivity index (χ3v) is 5.56. The van der Waals surface area contributed by atoms with Gasteiger partial charge in [-0.05, 0) is 70.6 Å². The summed E-state index contributed by atoms with van der Waals surface area (Å²) in [6.45, 7) is 0.501. The molecule has 0 aliphatic carbocycles. The minimum absolute atomic E-state index is 0.168. The number of carbonyl (C=O) groups is 2. The molecule has 0 unspecified atom stereocenters. The van der Waals surface area contributed by atoms with E-state index in [1.807, 2.05) is 36.6 Å². The van der Waals surface area contributed by atoms with Crippen LogP contribution in [0.3, 0.4) is 0 Å². The van der Waals surface area contributed by atoms with Gasteiger partial charge in [0, 0.05) is 16.0 Å². The molecule has 0 saturated heterocycles. The van der Waals surface area contributed by atoms with Crippen molar-refractivity contribution < 1.29 is 9.59 Å². The first-order valence-electron chi connectivity index (χ1n) is 8.57. The molecule has 0 spiro atoms. The fourth-order valence-electron chi connectivity index (χ4n) is 2.49. The smallest absolute Gasteiger partial charge is 0.253 e. The van der Waals surface area contributed by atoms with Crippen LogP contribution < -0.4 is 10.6 Å². The fraction of sp³-hybridized carbons (Fsp3) is 0.300. The lowest BCUT2D eigenvalue weighted by Crippen LogP contribution is -2.47. The largest absolute Gasteiger partial charge is 0.354 e. The van der Waals surface area contributed by atoms with E-state index in [0.717, 1.165) is 11.3 Å². The minimum Gasteiger partial charge on any atom is -0.354 e. The molecule has 4 nitrogen and oxygen atoms in total. The first-order chi connectivity index (χ1) is 13.0. The Bertz CT molecular complexity index is 771. The van der Waals surface area contributed by atoms with Crippen molar-refractivity contribution in [3.05, 3.63) is 69.2 Å². The van der Waals surface area contributed by atoms with Crippen molar-refractivity contribution in [2.45, 2.75) is 18.9 Å². The highest BCUT2D eigenvalue weighted by Gasteiger charge is 2.21. The average molecular weight is 470 g/mol. The number of nitrogens with one attached hydrogen (secondary N) is 2. The van der Waals surface area contributed by atoms with Gasteiger partial charge in [0.1, 0.15) is 6.04 Å². The van der Waals surface area contributed by atoms with Crippen LogP contribution in [0.2, 0.25) is 5.02 Å². The quantitative estimate of drug-likeness (QED) is 0.575. The highest BCUT2D eigenvalue weighted by molar-refractivity contribution is 9.10. The summed E-state index contributed by atoms with van der Waals surface area (Å²) < 4.78 is 0.703. The maximum Gasteiger partial charge on any atom is 0.253 e. The predicted molar refractivity (Wildman–Crippen MR) is 117 cm³/mol. The lowest BCUT2D eigenvalue weighted by molar-refractivity contribution is -0.122. The molecule has 2 N–H and O–H groups in total. The summed E-state index contributed by atoms with van der Waals surface area (Å²) in [6, 6.07) is 14.1. The third-order valence-electron chi connectivity index (χ3n) is 3.98. The number of amides is 2. The summed E-state index contributed by atoms with van der Waals surface area (Å²) >= 11 is 10.9. The topological polar surface area (TPSA) is 58.2 Å². The monoisotopic (exact) mass is 468 g/mol. The van der Waals surface area contributed by atoms with E-state index in [1.54, 1.807) is 30.0 Å². The zero-order chi connectivity index (χ0) is 19.6. The van der Waals surface area contributed by atoms with E-state index >= 15 is 0 Å². The molecule has 2 rings (SSSR count). The van der Waals surface area contributed by atoms with Crippen LogP contribution in [-0.4, -0.2) is 36.4 Å². The lowest BCUT2D eigenvalue weighted by Gasteiger charge is -2.18. The predicted octanol–water partition coefficient (Wildman–Crippen LogP) is 4.31. The molecular weight excluding hydrogens is 448 g/mol. The minimum atomic E-state index is -0.567. The van der Waals surface area contributed by atoms with E-state index in [0.29, 0.717) is 34.4 Å². The number of hydrogen-bond donors (Lipinski definition) is 2. The number of hydrogen-bond acceptors (Lipinski definition) is 3. The van der Waals surface area contributed by atoms with Crippen molar-refractivity contribution in [3.63, 3.8) is 0 Å². The number of halogens is 2. The second kappa shape index (κ2) is 11.4. The number of carbonyl (C=O) groups excluding carboxylic acids is 2. The Kier molecular flexibility index (Phi) is 9.18. The van der Waals surface area contributed by atoms with Gasteiger partial charge >= 0.3 is 0 Å². The normalized spacial score (nSPS) is 11.7. The van der Waals surface area contributed by atoms with Crippen molar-refractivity contribution in [1.29, 1.82) is 0 Å². The molecule has 0 fully saturated rings. The first-order valence-corrected chi connectivity index (χ1v) is 11.1. The Morgan fingerprint density at radius 3 is 2.52 bits per heavy atom. The summed E-state index contributed by atoms with van der Waals surface area (Å²) in [6.07, 6.45) is 3.26. The number of thioether (sulfide) groups is 1. The van der Waals surface area contributed by atoms with Crippen LogP contribution in [0.5, 0.6) is 0 Å². The number of rotatable bonds is 9. The van der Waals surface area contributed by atoms with E-state index in [4.69, 9.17) is 11.6 Å². The van der Waals surface area contributed by atoms with Crippen LogP contribution in [0.15, 0.2) is 53.0 Å². The van der Waals surface area contributed by atoms with E-state index in [2.05, 4.69) is 26.6 Å².